The van der Waals surface area contributed by atoms with Crippen LogP contribution in [-0.4, -0.2) is 26.6 Å². The standard InChI is InChI=1S/C13H17FO3/c1-9(6-7-16-2)13(15)10-4-5-12(17-3)11(14)8-10/h4-5,8-9H,6-7H2,1-3H3. The Morgan fingerprint density at radius 2 is 2.12 bits per heavy atom. The molecule has 0 aliphatic rings. The molecule has 0 radical (unpaired) electrons. The lowest BCUT2D eigenvalue weighted by molar-refractivity contribution is 0.0893. The van der Waals surface area contributed by atoms with Gasteiger partial charge in [-0.3, -0.25) is 4.79 Å². The first-order chi connectivity index (χ1) is 8.10. The van der Waals surface area contributed by atoms with E-state index >= 15 is 0 Å². The molecule has 0 heterocycles. The first-order valence-electron chi connectivity index (χ1n) is 5.46. The zero-order valence-electron chi connectivity index (χ0n) is 10.3. The zero-order chi connectivity index (χ0) is 12.8. The normalized spacial score (nSPS) is 12.2. The van der Waals surface area contributed by atoms with E-state index in [1.807, 2.05) is 6.92 Å². The second-order valence-electron chi connectivity index (χ2n) is 3.90. The Bertz CT molecular complexity index is 390. The van der Waals surface area contributed by atoms with Crippen molar-refractivity contribution < 1.29 is 18.7 Å². The summed E-state index contributed by atoms with van der Waals surface area (Å²) in [5.74, 6) is -0.630. The minimum atomic E-state index is -0.516. The van der Waals surface area contributed by atoms with Gasteiger partial charge in [-0.1, -0.05) is 6.92 Å². The molecule has 1 atom stereocenters. The van der Waals surface area contributed by atoms with Gasteiger partial charge < -0.3 is 9.47 Å². The molecule has 0 spiro atoms. The van der Waals surface area contributed by atoms with E-state index in [4.69, 9.17) is 9.47 Å². The topological polar surface area (TPSA) is 35.5 Å². The zero-order valence-corrected chi connectivity index (χ0v) is 10.3. The van der Waals surface area contributed by atoms with E-state index < -0.39 is 5.82 Å². The van der Waals surface area contributed by atoms with Gasteiger partial charge in [-0.05, 0) is 24.6 Å². The summed E-state index contributed by atoms with van der Waals surface area (Å²) in [5, 5.41) is 0. The van der Waals surface area contributed by atoms with Gasteiger partial charge in [0.2, 0.25) is 0 Å². The molecule has 3 nitrogen and oxygen atoms in total. The van der Waals surface area contributed by atoms with Gasteiger partial charge in [-0.15, -0.1) is 0 Å². The maximum atomic E-state index is 13.4. The van der Waals surface area contributed by atoms with Gasteiger partial charge in [0.1, 0.15) is 0 Å². The van der Waals surface area contributed by atoms with Crippen LogP contribution in [0.25, 0.3) is 0 Å². The number of hydrogen-bond acceptors (Lipinski definition) is 3. The summed E-state index contributed by atoms with van der Waals surface area (Å²) in [7, 11) is 2.98. The highest BCUT2D eigenvalue weighted by Gasteiger charge is 2.16. The number of halogens is 1. The summed E-state index contributed by atoms with van der Waals surface area (Å²) in [6.45, 7) is 2.33. The van der Waals surface area contributed by atoms with Crippen LogP contribution in [0.5, 0.6) is 5.75 Å². The van der Waals surface area contributed by atoms with Crippen molar-refractivity contribution in [1.29, 1.82) is 0 Å². The number of methoxy groups -OCH3 is 2. The molecular weight excluding hydrogens is 223 g/mol. The van der Waals surface area contributed by atoms with Gasteiger partial charge in [0.25, 0.3) is 0 Å². The number of carbonyl (C=O) groups excluding carboxylic acids is 1. The summed E-state index contributed by atoms with van der Waals surface area (Å²) in [6.07, 6.45) is 0.628. The Morgan fingerprint density at radius 3 is 2.65 bits per heavy atom. The third-order valence-electron chi connectivity index (χ3n) is 2.64. The molecule has 0 saturated carbocycles. The molecular formula is C13H17FO3. The van der Waals surface area contributed by atoms with Crippen LogP contribution in [0.3, 0.4) is 0 Å². The minimum Gasteiger partial charge on any atom is -0.494 e. The van der Waals surface area contributed by atoms with Gasteiger partial charge >= 0.3 is 0 Å². The molecule has 0 saturated heterocycles. The van der Waals surface area contributed by atoms with Crippen LogP contribution in [0.4, 0.5) is 4.39 Å². The smallest absolute Gasteiger partial charge is 0.165 e. The summed E-state index contributed by atoms with van der Waals surface area (Å²) in [6, 6.07) is 4.25. The fraction of sp³-hybridized carbons (Fsp3) is 0.462. The lowest BCUT2D eigenvalue weighted by Gasteiger charge is -2.10. The van der Waals surface area contributed by atoms with Gasteiger partial charge in [0.15, 0.2) is 17.3 Å². The number of ketones is 1. The van der Waals surface area contributed by atoms with Crippen LogP contribution in [0, 0.1) is 11.7 Å². The van der Waals surface area contributed by atoms with E-state index in [9.17, 15) is 9.18 Å². The van der Waals surface area contributed by atoms with E-state index in [0.29, 0.717) is 18.6 Å². The maximum Gasteiger partial charge on any atom is 0.165 e. The van der Waals surface area contributed by atoms with E-state index in [1.54, 1.807) is 13.2 Å². The van der Waals surface area contributed by atoms with E-state index in [-0.39, 0.29) is 17.5 Å². The lowest BCUT2D eigenvalue weighted by atomic mass is 9.96. The number of hydrogen-bond donors (Lipinski definition) is 0. The Morgan fingerprint density at radius 1 is 1.41 bits per heavy atom. The van der Waals surface area contributed by atoms with E-state index in [1.165, 1.54) is 19.2 Å². The van der Waals surface area contributed by atoms with Crippen LogP contribution >= 0.6 is 0 Å². The molecule has 4 heteroatoms. The van der Waals surface area contributed by atoms with Crippen molar-refractivity contribution in [3.8, 4) is 5.75 Å². The minimum absolute atomic E-state index is 0.0800. The molecule has 1 rings (SSSR count). The predicted octanol–water partition coefficient (Wildman–Crippen LogP) is 2.69. The van der Waals surface area contributed by atoms with Crippen molar-refractivity contribution in [2.75, 3.05) is 20.8 Å². The largest absolute Gasteiger partial charge is 0.494 e. The summed E-state index contributed by atoms with van der Waals surface area (Å²) in [5.41, 5.74) is 0.368. The Labute approximate surface area is 101 Å². The number of carbonyl (C=O) groups is 1. The predicted molar refractivity (Wildman–Crippen MR) is 62.9 cm³/mol. The van der Waals surface area contributed by atoms with Crippen LogP contribution in [-0.2, 0) is 4.74 Å². The van der Waals surface area contributed by atoms with Crippen molar-refractivity contribution in [2.24, 2.45) is 5.92 Å². The fourth-order valence-electron chi connectivity index (χ4n) is 1.53. The average molecular weight is 240 g/mol. The second kappa shape index (κ2) is 6.35. The highest BCUT2D eigenvalue weighted by Crippen LogP contribution is 2.20. The van der Waals surface area contributed by atoms with Gasteiger partial charge in [0.05, 0.1) is 7.11 Å². The number of ether oxygens (including phenoxy) is 2. The molecule has 0 aromatic heterocycles. The quantitative estimate of drug-likeness (QED) is 0.717. The number of benzene rings is 1. The molecule has 1 aromatic carbocycles. The number of Topliss-reactive ketones (excluding diaryl/α,β-unsaturated/α-hetero) is 1. The van der Waals surface area contributed by atoms with Crippen molar-refractivity contribution in [1.82, 2.24) is 0 Å². The SMILES string of the molecule is COCCC(C)C(=O)c1ccc(OC)c(F)c1. The highest BCUT2D eigenvalue weighted by molar-refractivity contribution is 5.97. The Balaban J connectivity index is 2.78. The van der Waals surface area contributed by atoms with Crippen molar-refractivity contribution >= 4 is 5.78 Å². The second-order valence-corrected chi connectivity index (χ2v) is 3.90. The van der Waals surface area contributed by atoms with Crippen LogP contribution in [0.15, 0.2) is 18.2 Å². The maximum absolute atomic E-state index is 13.4. The number of rotatable bonds is 6. The molecule has 0 fully saturated rings. The average Bonchev–Trinajstić information content (AvgIpc) is 2.34. The first-order valence-corrected chi connectivity index (χ1v) is 5.46. The summed E-state index contributed by atoms with van der Waals surface area (Å²) in [4.78, 5) is 11.9. The van der Waals surface area contributed by atoms with E-state index in [0.717, 1.165) is 0 Å². The molecule has 1 unspecified atom stereocenters. The fourth-order valence-corrected chi connectivity index (χ4v) is 1.53. The first kappa shape index (κ1) is 13.6. The van der Waals surface area contributed by atoms with Gasteiger partial charge in [-0.25, -0.2) is 4.39 Å². The molecule has 0 N–H and O–H groups in total. The Kier molecular flexibility index (Phi) is 5.10. The third kappa shape index (κ3) is 3.53. The molecule has 0 aliphatic heterocycles. The molecule has 1 aromatic rings. The lowest BCUT2D eigenvalue weighted by Crippen LogP contribution is -2.13. The van der Waals surface area contributed by atoms with Gasteiger partial charge in [0, 0.05) is 25.2 Å². The Hall–Kier alpha value is -1.42. The highest BCUT2D eigenvalue weighted by atomic mass is 19.1. The van der Waals surface area contributed by atoms with Crippen LogP contribution < -0.4 is 4.74 Å². The summed E-state index contributed by atoms with van der Waals surface area (Å²) < 4.78 is 23.1. The van der Waals surface area contributed by atoms with Crippen molar-refractivity contribution in [3.63, 3.8) is 0 Å². The summed E-state index contributed by atoms with van der Waals surface area (Å²) >= 11 is 0. The molecule has 0 aliphatic carbocycles. The van der Waals surface area contributed by atoms with Crippen LogP contribution in [0.2, 0.25) is 0 Å². The molecule has 17 heavy (non-hydrogen) atoms. The van der Waals surface area contributed by atoms with Crippen LogP contribution in [0.1, 0.15) is 23.7 Å². The van der Waals surface area contributed by atoms with Crippen molar-refractivity contribution in [2.45, 2.75) is 13.3 Å². The monoisotopic (exact) mass is 240 g/mol. The third-order valence-corrected chi connectivity index (χ3v) is 2.64. The molecule has 94 valence electrons. The van der Waals surface area contributed by atoms with E-state index in [2.05, 4.69) is 0 Å². The molecule has 0 bridgehead atoms. The molecule has 0 amide bonds. The van der Waals surface area contributed by atoms with Gasteiger partial charge in [-0.2, -0.15) is 0 Å². The van der Waals surface area contributed by atoms with Crippen molar-refractivity contribution in [3.05, 3.63) is 29.6 Å².